The van der Waals surface area contributed by atoms with Gasteiger partial charge in [0, 0.05) is 12.1 Å². The highest BCUT2D eigenvalue weighted by Gasteiger charge is 2.23. The normalized spacial score (nSPS) is 10.8. The van der Waals surface area contributed by atoms with Crippen molar-refractivity contribution in [2.75, 3.05) is 19.8 Å². The second-order valence-corrected chi connectivity index (χ2v) is 4.53. The summed E-state index contributed by atoms with van der Waals surface area (Å²) in [6, 6.07) is -0.395. The molecule has 0 aliphatic heterocycles. The number of carboxylic acids is 1. The molecule has 0 saturated heterocycles. The van der Waals surface area contributed by atoms with Crippen LogP contribution in [0.3, 0.4) is 0 Å². The second-order valence-electron chi connectivity index (χ2n) is 4.53. The Bertz CT molecular complexity index is 290. The lowest BCUT2D eigenvalue weighted by molar-refractivity contribution is -0.138. The summed E-state index contributed by atoms with van der Waals surface area (Å²) in [5.74, 6) is -0.951. The lowest BCUT2D eigenvalue weighted by atomic mass is 10.0. The van der Waals surface area contributed by atoms with Crippen molar-refractivity contribution in [2.24, 2.45) is 0 Å². The molecule has 0 fully saturated rings. The molecule has 0 heterocycles. The third-order valence-electron chi connectivity index (χ3n) is 2.04. The summed E-state index contributed by atoms with van der Waals surface area (Å²) in [6.45, 7) is 8.25. The van der Waals surface area contributed by atoms with E-state index in [0.717, 1.165) is 6.42 Å². The van der Waals surface area contributed by atoms with Crippen LogP contribution in [0, 0.1) is 0 Å². The van der Waals surface area contributed by atoms with Gasteiger partial charge in [0.05, 0.1) is 19.6 Å². The van der Waals surface area contributed by atoms with Gasteiger partial charge in [0.25, 0.3) is 0 Å². The second kappa shape index (κ2) is 8.52. The smallest absolute Gasteiger partial charge is 0.315 e. The predicted octanol–water partition coefficient (Wildman–Crippen LogP) is 1.13. The first-order valence-corrected chi connectivity index (χ1v) is 5.84. The molecule has 0 unspecified atom stereocenters. The van der Waals surface area contributed by atoms with Crippen LogP contribution in [-0.4, -0.2) is 42.4 Å². The largest absolute Gasteiger partial charge is 0.481 e. The summed E-state index contributed by atoms with van der Waals surface area (Å²) in [7, 11) is 0. The summed E-state index contributed by atoms with van der Waals surface area (Å²) in [4.78, 5) is 22.0. The fourth-order valence-electron chi connectivity index (χ4n) is 1.28. The Balaban J connectivity index is 3.70. The van der Waals surface area contributed by atoms with Crippen LogP contribution in [0.4, 0.5) is 4.79 Å². The highest BCUT2D eigenvalue weighted by molar-refractivity contribution is 5.76. The average Bonchev–Trinajstić information content (AvgIpc) is 2.20. The van der Waals surface area contributed by atoms with Gasteiger partial charge < -0.3 is 20.5 Å². The molecule has 0 bridgehead atoms. The molecule has 0 spiro atoms. The molecule has 6 heteroatoms. The predicted molar refractivity (Wildman–Crippen MR) is 68.5 cm³/mol. The molecular formula is C12H22N2O4. The number of amides is 2. The minimum absolute atomic E-state index is 0.129. The first kappa shape index (κ1) is 16.4. The SMILES string of the molecule is C=CCCOCCNC(=O)NC(C)(C)CC(=O)O. The zero-order chi connectivity index (χ0) is 14.0. The molecule has 6 nitrogen and oxygen atoms in total. The molecule has 0 atom stereocenters. The molecule has 0 aromatic rings. The Morgan fingerprint density at radius 2 is 2.06 bits per heavy atom. The van der Waals surface area contributed by atoms with Crippen LogP contribution in [0.25, 0.3) is 0 Å². The van der Waals surface area contributed by atoms with Crippen LogP contribution in [0.1, 0.15) is 26.7 Å². The van der Waals surface area contributed by atoms with E-state index in [9.17, 15) is 9.59 Å². The molecule has 2 amide bonds. The number of carbonyl (C=O) groups excluding carboxylic acids is 1. The van der Waals surface area contributed by atoms with Crippen LogP contribution in [0.5, 0.6) is 0 Å². The monoisotopic (exact) mass is 258 g/mol. The van der Waals surface area contributed by atoms with Gasteiger partial charge in [-0.1, -0.05) is 6.08 Å². The van der Waals surface area contributed by atoms with E-state index in [0.29, 0.717) is 19.8 Å². The molecular weight excluding hydrogens is 236 g/mol. The summed E-state index contributed by atoms with van der Waals surface area (Å²) < 4.78 is 5.21. The summed E-state index contributed by atoms with van der Waals surface area (Å²) in [5.41, 5.74) is -0.778. The zero-order valence-corrected chi connectivity index (χ0v) is 11.0. The van der Waals surface area contributed by atoms with E-state index in [2.05, 4.69) is 17.2 Å². The maximum Gasteiger partial charge on any atom is 0.315 e. The first-order valence-electron chi connectivity index (χ1n) is 5.84. The number of carboxylic acid groups (broad SMARTS) is 1. The molecule has 0 aliphatic carbocycles. The number of hydrogen-bond donors (Lipinski definition) is 3. The molecule has 0 aliphatic rings. The van der Waals surface area contributed by atoms with Gasteiger partial charge in [0.15, 0.2) is 0 Å². The maximum absolute atomic E-state index is 11.4. The summed E-state index contributed by atoms with van der Waals surface area (Å²) >= 11 is 0. The van der Waals surface area contributed by atoms with Gasteiger partial charge in [-0.25, -0.2) is 4.79 Å². The van der Waals surface area contributed by atoms with Crippen molar-refractivity contribution in [1.82, 2.24) is 10.6 Å². The Morgan fingerprint density at radius 1 is 1.39 bits per heavy atom. The van der Waals surface area contributed by atoms with Crippen LogP contribution in [-0.2, 0) is 9.53 Å². The Hall–Kier alpha value is -1.56. The molecule has 0 aromatic heterocycles. The standard InChI is InChI=1S/C12H22N2O4/c1-4-5-7-18-8-6-13-11(17)14-12(2,3)9-10(15)16/h4H,1,5-9H2,2-3H3,(H,15,16)(H2,13,14,17). The minimum atomic E-state index is -0.951. The van der Waals surface area contributed by atoms with Crippen molar-refractivity contribution >= 4 is 12.0 Å². The van der Waals surface area contributed by atoms with Gasteiger partial charge in [-0.2, -0.15) is 0 Å². The van der Waals surface area contributed by atoms with E-state index in [-0.39, 0.29) is 6.42 Å². The molecule has 18 heavy (non-hydrogen) atoms. The topological polar surface area (TPSA) is 87.7 Å². The highest BCUT2D eigenvalue weighted by atomic mass is 16.5. The van der Waals surface area contributed by atoms with Crippen molar-refractivity contribution in [3.8, 4) is 0 Å². The molecule has 0 radical (unpaired) electrons. The van der Waals surface area contributed by atoms with Gasteiger partial charge in [-0.05, 0) is 20.3 Å². The van der Waals surface area contributed by atoms with Gasteiger partial charge in [0.1, 0.15) is 0 Å². The lowest BCUT2D eigenvalue weighted by Crippen LogP contribution is -2.49. The number of aliphatic carboxylic acids is 1. The van der Waals surface area contributed by atoms with Crippen molar-refractivity contribution in [3.05, 3.63) is 12.7 Å². The quantitative estimate of drug-likeness (QED) is 0.427. The number of carbonyl (C=O) groups is 2. The van der Waals surface area contributed by atoms with Crippen LogP contribution < -0.4 is 10.6 Å². The van der Waals surface area contributed by atoms with E-state index in [1.807, 2.05) is 0 Å². The Kier molecular flexibility index (Phi) is 7.78. The molecule has 0 aromatic carbocycles. The Morgan fingerprint density at radius 3 is 2.61 bits per heavy atom. The van der Waals surface area contributed by atoms with Crippen molar-refractivity contribution < 1.29 is 19.4 Å². The van der Waals surface area contributed by atoms with Crippen molar-refractivity contribution in [3.63, 3.8) is 0 Å². The third-order valence-corrected chi connectivity index (χ3v) is 2.04. The summed E-state index contributed by atoms with van der Waals surface area (Å²) in [5, 5.41) is 13.8. The fraction of sp³-hybridized carbons (Fsp3) is 0.667. The lowest BCUT2D eigenvalue weighted by Gasteiger charge is -2.24. The van der Waals surface area contributed by atoms with Crippen molar-refractivity contribution in [1.29, 1.82) is 0 Å². The average molecular weight is 258 g/mol. The molecule has 0 saturated carbocycles. The van der Waals surface area contributed by atoms with Gasteiger partial charge >= 0.3 is 12.0 Å². The molecule has 3 N–H and O–H groups in total. The van der Waals surface area contributed by atoms with E-state index in [1.165, 1.54) is 0 Å². The highest BCUT2D eigenvalue weighted by Crippen LogP contribution is 2.07. The number of nitrogens with one attached hydrogen (secondary N) is 2. The van der Waals surface area contributed by atoms with Crippen LogP contribution in [0.2, 0.25) is 0 Å². The van der Waals surface area contributed by atoms with Crippen LogP contribution >= 0.6 is 0 Å². The van der Waals surface area contributed by atoms with E-state index >= 15 is 0 Å². The fourth-order valence-corrected chi connectivity index (χ4v) is 1.28. The van der Waals surface area contributed by atoms with Gasteiger partial charge in [0.2, 0.25) is 0 Å². The maximum atomic E-state index is 11.4. The summed E-state index contributed by atoms with van der Waals surface area (Å²) in [6.07, 6.45) is 2.41. The van der Waals surface area contributed by atoms with Gasteiger partial charge in [-0.15, -0.1) is 6.58 Å². The minimum Gasteiger partial charge on any atom is -0.481 e. The molecule has 104 valence electrons. The van der Waals surface area contributed by atoms with E-state index < -0.39 is 17.5 Å². The number of ether oxygens (including phenoxy) is 1. The van der Waals surface area contributed by atoms with E-state index in [4.69, 9.17) is 9.84 Å². The number of rotatable bonds is 9. The number of hydrogen-bond acceptors (Lipinski definition) is 3. The zero-order valence-electron chi connectivity index (χ0n) is 11.0. The van der Waals surface area contributed by atoms with Gasteiger partial charge in [-0.3, -0.25) is 4.79 Å². The molecule has 0 rings (SSSR count). The number of urea groups is 1. The van der Waals surface area contributed by atoms with E-state index in [1.54, 1.807) is 19.9 Å². The van der Waals surface area contributed by atoms with Crippen LogP contribution in [0.15, 0.2) is 12.7 Å². The third kappa shape index (κ3) is 9.65. The Labute approximate surface area is 107 Å². The van der Waals surface area contributed by atoms with Crippen molar-refractivity contribution in [2.45, 2.75) is 32.2 Å². The first-order chi connectivity index (χ1) is 8.37.